The van der Waals surface area contributed by atoms with Crippen molar-refractivity contribution in [2.75, 3.05) is 6.54 Å². The number of aryl methyl sites for hydroxylation is 1. The van der Waals surface area contributed by atoms with Crippen LogP contribution in [-0.4, -0.2) is 25.2 Å². The van der Waals surface area contributed by atoms with E-state index in [0.29, 0.717) is 18.5 Å². The second-order valence-corrected chi connectivity index (χ2v) is 6.27. The molecule has 0 spiro atoms. The smallest absolute Gasteiger partial charge is 0.257 e. The SMILES string of the molecule is Cc1cccc(CCNS(=O)(=O)c2[nH]ncc2CN)c1. The van der Waals surface area contributed by atoms with Crippen molar-refractivity contribution < 1.29 is 8.42 Å². The lowest BCUT2D eigenvalue weighted by Gasteiger charge is -2.07. The molecule has 1 aromatic heterocycles. The van der Waals surface area contributed by atoms with Crippen LogP contribution in [0.5, 0.6) is 0 Å². The van der Waals surface area contributed by atoms with Crippen LogP contribution in [-0.2, 0) is 23.0 Å². The molecule has 0 saturated heterocycles. The summed E-state index contributed by atoms with van der Waals surface area (Å²) in [6.07, 6.45) is 2.06. The molecule has 0 unspecified atom stereocenters. The maximum Gasteiger partial charge on any atom is 0.257 e. The first-order valence-corrected chi connectivity index (χ1v) is 7.79. The quantitative estimate of drug-likeness (QED) is 0.730. The van der Waals surface area contributed by atoms with E-state index in [-0.39, 0.29) is 11.6 Å². The molecule has 2 rings (SSSR count). The average molecular weight is 294 g/mol. The summed E-state index contributed by atoms with van der Waals surface area (Å²) in [5, 5.41) is 6.23. The molecule has 0 amide bonds. The fraction of sp³-hybridized carbons (Fsp3) is 0.308. The first-order chi connectivity index (χ1) is 9.53. The number of nitrogens with one attached hydrogen (secondary N) is 2. The van der Waals surface area contributed by atoms with Crippen LogP contribution < -0.4 is 10.5 Å². The number of sulfonamides is 1. The molecule has 6 nitrogen and oxygen atoms in total. The van der Waals surface area contributed by atoms with Gasteiger partial charge in [0.05, 0.1) is 6.20 Å². The molecule has 0 aliphatic carbocycles. The highest BCUT2D eigenvalue weighted by molar-refractivity contribution is 7.89. The maximum atomic E-state index is 12.1. The van der Waals surface area contributed by atoms with Crippen molar-refractivity contribution in [1.29, 1.82) is 0 Å². The summed E-state index contributed by atoms with van der Waals surface area (Å²) in [6.45, 7) is 2.46. The number of H-pyrrole nitrogens is 1. The second kappa shape index (κ2) is 6.17. The van der Waals surface area contributed by atoms with Gasteiger partial charge in [-0.15, -0.1) is 0 Å². The highest BCUT2D eigenvalue weighted by Crippen LogP contribution is 2.11. The summed E-state index contributed by atoms with van der Waals surface area (Å²) in [5.74, 6) is 0. The Balaban J connectivity index is 2.00. The summed E-state index contributed by atoms with van der Waals surface area (Å²) < 4.78 is 26.7. The van der Waals surface area contributed by atoms with Crippen LogP contribution >= 0.6 is 0 Å². The van der Waals surface area contributed by atoms with Crippen molar-refractivity contribution in [1.82, 2.24) is 14.9 Å². The van der Waals surface area contributed by atoms with Crippen molar-refractivity contribution in [3.8, 4) is 0 Å². The van der Waals surface area contributed by atoms with Gasteiger partial charge >= 0.3 is 0 Å². The van der Waals surface area contributed by atoms with Crippen molar-refractivity contribution >= 4 is 10.0 Å². The summed E-state index contributed by atoms with van der Waals surface area (Å²) in [4.78, 5) is 0. The summed E-state index contributed by atoms with van der Waals surface area (Å²) >= 11 is 0. The van der Waals surface area contributed by atoms with Crippen LogP contribution in [0.3, 0.4) is 0 Å². The standard InChI is InChI=1S/C13H18N4O2S/c1-10-3-2-4-11(7-10)5-6-16-20(18,19)13-12(8-14)9-15-17-13/h2-4,7,9,16H,5-6,8,14H2,1H3,(H,15,17). The van der Waals surface area contributed by atoms with Gasteiger partial charge in [0.15, 0.2) is 5.03 Å². The molecule has 2 aromatic rings. The topological polar surface area (TPSA) is 101 Å². The highest BCUT2D eigenvalue weighted by Gasteiger charge is 2.19. The molecule has 1 heterocycles. The number of hydrogen-bond acceptors (Lipinski definition) is 4. The maximum absolute atomic E-state index is 12.1. The molecule has 1 aromatic carbocycles. The van der Waals surface area contributed by atoms with Gasteiger partial charge < -0.3 is 5.73 Å². The number of nitrogens with two attached hydrogens (primary N) is 1. The van der Waals surface area contributed by atoms with Gasteiger partial charge in [0.1, 0.15) is 0 Å². The van der Waals surface area contributed by atoms with Gasteiger partial charge in [0.2, 0.25) is 0 Å². The van der Waals surface area contributed by atoms with Crippen LogP contribution in [0, 0.1) is 6.92 Å². The Hall–Kier alpha value is -1.70. The summed E-state index contributed by atoms with van der Waals surface area (Å²) in [7, 11) is -3.59. The Labute approximate surface area is 118 Å². The Morgan fingerprint density at radius 1 is 1.40 bits per heavy atom. The molecular weight excluding hydrogens is 276 g/mol. The third-order valence-electron chi connectivity index (χ3n) is 2.96. The van der Waals surface area contributed by atoms with E-state index in [1.807, 2.05) is 31.2 Å². The molecule has 7 heteroatoms. The lowest BCUT2D eigenvalue weighted by Crippen LogP contribution is -2.27. The molecule has 0 fully saturated rings. The molecule has 0 atom stereocenters. The average Bonchev–Trinajstić information content (AvgIpc) is 2.87. The predicted octanol–water partition coefficient (Wildman–Crippen LogP) is 0.698. The Kier molecular flexibility index (Phi) is 4.53. The van der Waals surface area contributed by atoms with E-state index in [2.05, 4.69) is 14.9 Å². The molecule has 0 bridgehead atoms. The van der Waals surface area contributed by atoms with Crippen LogP contribution in [0.4, 0.5) is 0 Å². The van der Waals surface area contributed by atoms with Gasteiger partial charge in [0, 0.05) is 18.7 Å². The van der Waals surface area contributed by atoms with Crippen LogP contribution in [0.1, 0.15) is 16.7 Å². The molecule has 0 aliphatic heterocycles. The van der Waals surface area contributed by atoms with Crippen LogP contribution in [0.25, 0.3) is 0 Å². The predicted molar refractivity (Wildman–Crippen MR) is 76.6 cm³/mol. The lowest BCUT2D eigenvalue weighted by molar-refractivity contribution is 0.576. The second-order valence-electron chi connectivity index (χ2n) is 4.57. The van der Waals surface area contributed by atoms with E-state index >= 15 is 0 Å². The van der Waals surface area contributed by atoms with Crippen LogP contribution in [0.15, 0.2) is 35.5 Å². The largest absolute Gasteiger partial charge is 0.326 e. The zero-order chi connectivity index (χ0) is 14.6. The lowest BCUT2D eigenvalue weighted by atomic mass is 10.1. The monoisotopic (exact) mass is 294 g/mol. The molecule has 0 radical (unpaired) electrons. The fourth-order valence-corrected chi connectivity index (χ4v) is 3.12. The number of rotatable bonds is 6. The molecule has 108 valence electrons. The van der Waals surface area contributed by atoms with Crippen LogP contribution in [0.2, 0.25) is 0 Å². The van der Waals surface area contributed by atoms with Crippen molar-refractivity contribution in [3.05, 3.63) is 47.2 Å². The number of nitrogens with zero attached hydrogens (tertiary/aromatic N) is 1. The Morgan fingerprint density at radius 2 is 2.20 bits per heavy atom. The van der Waals surface area contributed by atoms with Gasteiger partial charge in [-0.2, -0.15) is 5.10 Å². The highest BCUT2D eigenvalue weighted by atomic mass is 32.2. The Morgan fingerprint density at radius 3 is 2.90 bits per heavy atom. The van der Waals surface area contributed by atoms with Gasteiger partial charge in [0.25, 0.3) is 10.0 Å². The molecule has 0 saturated carbocycles. The van der Waals surface area contributed by atoms with Crippen molar-refractivity contribution in [3.63, 3.8) is 0 Å². The zero-order valence-corrected chi connectivity index (χ0v) is 12.1. The minimum Gasteiger partial charge on any atom is -0.326 e. The van der Waals surface area contributed by atoms with E-state index in [4.69, 9.17) is 5.73 Å². The van der Waals surface area contributed by atoms with E-state index in [0.717, 1.165) is 11.1 Å². The molecular formula is C13H18N4O2S. The fourth-order valence-electron chi connectivity index (χ4n) is 1.95. The van der Waals surface area contributed by atoms with E-state index in [1.165, 1.54) is 6.20 Å². The minimum absolute atomic E-state index is 0.0456. The Bertz CT molecular complexity index is 679. The minimum atomic E-state index is -3.59. The van der Waals surface area contributed by atoms with Gasteiger partial charge in [-0.3, -0.25) is 5.10 Å². The number of aromatic amines is 1. The van der Waals surface area contributed by atoms with Gasteiger partial charge in [-0.25, -0.2) is 13.1 Å². The number of aromatic nitrogens is 2. The molecule has 0 aliphatic rings. The van der Waals surface area contributed by atoms with E-state index < -0.39 is 10.0 Å². The van der Waals surface area contributed by atoms with E-state index in [9.17, 15) is 8.42 Å². The van der Waals surface area contributed by atoms with Crippen molar-refractivity contribution in [2.24, 2.45) is 5.73 Å². The normalized spacial score (nSPS) is 11.7. The first kappa shape index (κ1) is 14.7. The summed E-state index contributed by atoms with van der Waals surface area (Å²) in [6, 6.07) is 7.98. The summed E-state index contributed by atoms with van der Waals surface area (Å²) in [5.41, 5.74) is 8.21. The molecule has 20 heavy (non-hydrogen) atoms. The third-order valence-corrected chi connectivity index (χ3v) is 4.43. The van der Waals surface area contributed by atoms with Crippen molar-refractivity contribution in [2.45, 2.75) is 24.9 Å². The molecule has 4 N–H and O–H groups in total. The van der Waals surface area contributed by atoms with Gasteiger partial charge in [-0.1, -0.05) is 29.8 Å². The zero-order valence-electron chi connectivity index (χ0n) is 11.3. The van der Waals surface area contributed by atoms with E-state index in [1.54, 1.807) is 0 Å². The van der Waals surface area contributed by atoms with Gasteiger partial charge in [-0.05, 0) is 18.9 Å². The first-order valence-electron chi connectivity index (χ1n) is 6.30. The third kappa shape index (κ3) is 3.44. The number of hydrogen-bond donors (Lipinski definition) is 3. The number of benzene rings is 1.